The van der Waals surface area contributed by atoms with E-state index in [2.05, 4.69) is 66.4 Å². The molecule has 1 saturated heterocycles. The van der Waals surface area contributed by atoms with Crippen LogP contribution < -0.4 is 0 Å². The fourth-order valence-electron chi connectivity index (χ4n) is 8.13. The molecule has 0 unspecified atom stereocenters. The van der Waals surface area contributed by atoms with Gasteiger partial charge >= 0.3 is 0 Å². The summed E-state index contributed by atoms with van der Waals surface area (Å²) < 4.78 is 13.1. The van der Waals surface area contributed by atoms with Gasteiger partial charge in [-0.25, -0.2) is 0 Å². The maximum atomic E-state index is 6.88. The molecule has 3 heteroatoms. The average molecular weight is 429 g/mol. The molecular weight excluding hydrogens is 384 g/mol. The minimum absolute atomic E-state index is 0.00218. The van der Waals surface area contributed by atoms with Crippen molar-refractivity contribution in [1.29, 1.82) is 0 Å². The lowest BCUT2D eigenvalue weighted by atomic mass is 9.47. The van der Waals surface area contributed by atoms with Crippen LogP contribution in [-0.4, -0.2) is 26.1 Å². The highest BCUT2D eigenvalue weighted by Crippen LogP contribution is 2.73. The molecule has 0 bridgehead atoms. The Morgan fingerprint density at radius 3 is 2.57 bits per heavy atom. The number of rotatable bonds is 3. The molecule has 0 aromatic carbocycles. The molecule has 0 aromatic heterocycles. The van der Waals surface area contributed by atoms with Gasteiger partial charge in [0.2, 0.25) is 0 Å². The first-order valence-corrected chi connectivity index (χ1v) is 15.5. The lowest BCUT2D eigenvalue weighted by Gasteiger charge is -2.58. The normalized spacial score (nSPS) is 50.0. The van der Waals surface area contributed by atoms with Gasteiger partial charge in [0.15, 0.2) is 8.32 Å². The van der Waals surface area contributed by atoms with Gasteiger partial charge in [0.1, 0.15) is 5.60 Å². The van der Waals surface area contributed by atoms with Gasteiger partial charge in [0.25, 0.3) is 0 Å². The van der Waals surface area contributed by atoms with Crippen molar-refractivity contribution < 1.29 is 9.16 Å². The topological polar surface area (TPSA) is 21.8 Å². The summed E-state index contributed by atoms with van der Waals surface area (Å²) in [5.41, 5.74) is 2.44. The minimum Gasteiger partial charge on any atom is -0.414 e. The average Bonchev–Trinajstić information content (AvgIpc) is 3.32. The third-order valence-electron chi connectivity index (χ3n) is 11.1. The standard InChI is InChI=1S/C27H44O2Si/c1-9-27-23(28-27)17-22-20-11-10-18-16-19(29-30(7,8)24(2,3)4)12-14-25(18,5)21(20)13-15-26(22,27)6/h9-10,19-23H,1,11-17H2,2-8H3/t19-,20+,21-,22-,23+,25-,26-,27+/m0/s1. The molecule has 168 valence electrons. The molecule has 2 nitrogen and oxygen atoms in total. The number of hydrogen-bond donors (Lipinski definition) is 0. The van der Waals surface area contributed by atoms with Crippen LogP contribution in [0.25, 0.3) is 0 Å². The fraction of sp³-hybridized carbons (Fsp3) is 0.852. The Morgan fingerprint density at radius 1 is 1.17 bits per heavy atom. The quantitative estimate of drug-likeness (QED) is 0.268. The highest BCUT2D eigenvalue weighted by Gasteiger charge is 2.75. The van der Waals surface area contributed by atoms with Crippen molar-refractivity contribution in [3.8, 4) is 0 Å². The molecule has 5 aliphatic rings. The second-order valence-corrected chi connectivity index (χ2v) is 18.1. The van der Waals surface area contributed by atoms with Gasteiger partial charge in [0.05, 0.1) is 6.10 Å². The van der Waals surface area contributed by atoms with E-state index in [1.54, 1.807) is 5.57 Å². The molecule has 0 N–H and O–H groups in total. The van der Waals surface area contributed by atoms with E-state index in [1.807, 2.05) is 0 Å². The van der Waals surface area contributed by atoms with E-state index in [0.717, 1.165) is 17.8 Å². The van der Waals surface area contributed by atoms with Crippen LogP contribution >= 0.6 is 0 Å². The Morgan fingerprint density at radius 2 is 1.90 bits per heavy atom. The first-order chi connectivity index (χ1) is 13.9. The number of fused-ring (bicyclic) bond motifs is 7. The molecule has 5 rings (SSSR count). The second-order valence-electron chi connectivity index (χ2n) is 13.3. The van der Waals surface area contributed by atoms with Crippen molar-refractivity contribution in [3.63, 3.8) is 0 Å². The molecular formula is C27H44O2Si. The zero-order valence-corrected chi connectivity index (χ0v) is 21.5. The predicted molar refractivity (Wildman–Crippen MR) is 127 cm³/mol. The van der Waals surface area contributed by atoms with Crippen LogP contribution in [0.5, 0.6) is 0 Å². The molecule has 4 aliphatic carbocycles. The Balaban J connectivity index is 1.36. The van der Waals surface area contributed by atoms with Gasteiger partial charge < -0.3 is 9.16 Å². The zero-order chi connectivity index (χ0) is 21.7. The van der Waals surface area contributed by atoms with Crippen LogP contribution in [0.2, 0.25) is 18.1 Å². The smallest absolute Gasteiger partial charge is 0.192 e. The van der Waals surface area contributed by atoms with E-state index in [9.17, 15) is 0 Å². The van der Waals surface area contributed by atoms with E-state index >= 15 is 0 Å². The van der Waals surface area contributed by atoms with Gasteiger partial charge in [0, 0.05) is 11.5 Å². The number of ether oxygens (including phenoxy) is 1. The maximum absolute atomic E-state index is 6.88. The molecule has 0 radical (unpaired) electrons. The second kappa shape index (κ2) is 6.35. The van der Waals surface area contributed by atoms with Crippen molar-refractivity contribution in [2.24, 2.45) is 28.6 Å². The molecule has 0 spiro atoms. The summed E-state index contributed by atoms with van der Waals surface area (Å²) in [6, 6.07) is 0. The van der Waals surface area contributed by atoms with Gasteiger partial charge in [-0.1, -0.05) is 52.3 Å². The van der Waals surface area contributed by atoms with Gasteiger partial charge in [-0.05, 0) is 86.2 Å². The van der Waals surface area contributed by atoms with Crippen molar-refractivity contribution in [2.45, 2.75) is 116 Å². The van der Waals surface area contributed by atoms with E-state index in [1.165, 1.54) is 44.9 Å². The highest BCUT2D eigenvalue weighted by atomic mass is 28.4. The van der Waals surface area contributed by atoms with Gasteiger partial charge in [-0.15, -0.1) is 6.58 Å². The van der Waals surface area contributed by atoms with E-state index in [0.29, 0.717) is 28.1 Å². The Kier molecular flexibility index (Phi) is 4.54. The summed E-state index contributed by atoms with van der Waals surface area (Å²) in [7, 11) is -1.70. The molecule has 8 atom stereocenters. The molecule has 30 heavy (non-hydrogen) atoms. The van der Waals surface area contributed by atoms with Crippen molar-refractivity contribution in [1.82, 2.24) is 0 Å². The first kappa shape index (κ1) is 21.5. The van der Waals surface area contributed by atoms with Crippen LogP contribution in [0, 0.1) is 28.6 Å². The number of epoxide rings is 1. The van der Waals surface area contributed by atoms with E-state index in [-0.39, 0.29) is 5.60 Å². The van der Waals surface area contributed by atoms with Crippen molar-refractivity contribution >= 4 is 8.32 Å². The minimum atomic E-state index is -1.70. The lowest BCUT2D eigenvalue weighted by molar-refractivity contribution is -0.0729. The summed E-state index contributed by atoms with van der Waals surface area (Å²) in [6.07, 6.45) is 14.7. The summed E-state index contributed by atoms with van der Waals surface area (Å²) in [4.78, 5) is 0. The van der Waals surface area contributed by atoms with Crippen molar-refractivity contribution in [2.75, 3.05) is 0 Å². The fourth-order valence-corrected chi connectivity index (χ4v) is 9.52. The molecule has 1 heterocycles. The molecule has 4 fully saturated rings. The molecule has 3 saturated carbocycles. The van der Waals surface area contributed by atoms with Gasteiger partial charge in [-0.3, -0.25) is 0 Å². The van der Waals surface area contributed by atoms with Crippen LogP contribution in [0.4, 0.5) is 0 Å². The maximum Gasteiger partial charge on any atom is 0.192 e. The summed E-state index contributed by atoms with van der Waals surface area (Å²) >= 11 is 0. The zero-order valence-electron chi connectivity index (χ0n) is 20.5. The number of allylic oxidation sites excluding steroid dienone is 1. The van der Waals surface area contributed by atoms with Crippen LogP contribution in [0.3, 0.4) is 0 Å². The van der Waals surface area contributed by atoms with E-state index in [4.69, 9.17) is 9.16 Å². The third kappa shape index (κ3) is 2.67. The predicted octanol–water partition coefficient (Wildman–Crippen LogP) is 7.27. The molecule has 0 aromatic rings. The summed E-state index contributed by atoms with van der Waals surface area (Å²) in [5, 5.41) is 0.292. The van der Waals surface area contributed by atoms with Gasteiger partial charge in [-0.2, -0.15) is 0 Å². The molecule has 0 amide bonds. The third-order valence-corrected chi connectivity index (χ3v) is 15.7. The lowest BCUT2D eigenvalue weighted by Crippen LogP contribution is -2.53. The van der Waals surface area contributed by atoms with E-state index < -0.39 is 8.32 Å². The SMILES string of the molecule is C=C[C@@]12O[C@@H]1C[C@H]1[C@@H]3CC=C4C[C@@H](O[Si](C)(C)C(C)(C)C)CC[C@]4(C)[C@H]3CC[C@@]12C. The first-order valence-electron chi connectivity index (χ1n) is 12.6. The Hall–Kier alpha value is -0.383. The van der Waals surface area contributed by atoms with Crippen LogP contribution in [0.1, 0.15) is 79.6 Å². The summed E-state index contributed by atoms with van der Waals surface area (Å²) in [6.45, 7) is 21.2. The number of hydrogen-bond acceptors (Lipinski definition) is 2. The summed E-state index contributed by atoms with van der Waals surface area (Å²) in [5.74, 6) is 2.50. The molecule has 1 aliphatic heterocycles. The Labute approximate surface area is 186 Å². The van der Waals surface area contributed by atoms with Crippen LogP contribution in [0.15, 0.2) is 24.3 Å². The Bertz CT molecular complexity index is 778. The van der Waals surface area contributed by atoms with Crippen molar-refractivity contribution in [3.05, 3.63) is 24.3 Å². The monoisotopic (exact) mass is 428 g/mol. The largest absolute Gasteiger partial charge is 0.414 e. The highest BCUT2D eigenvalue weighted by molar-refractivity contribution is 6.74. The van der Waals surface area contributed by atoms with Crippen LogP contribution in [-0.2, 0) is 9.16 Å².